The van der Waals surface area contributed by atoms with E-state index in [9.17, 15) is 0 Å². The monoisotopic (exact) mass is 249 g/mol. The summed E-state index contributed by atoms with van der Waals surface area (Å²) in [5.41, 5.74) is 2.74. The van der Waals surface area contributed by atoms with Crippen molar-refractivity contribution in [2.75, 3.05) is 16.8 Å². The Balaban J connectivity index is 1.93. The van der Waals surface area contributed by atoms with E-state index in [1.54, 1.807) is 0 Å². The lowest BCUT2D eigenvalue weighted by molar-refractivity contribution is 0.666. The number of thioether (sulfide) groups is 1. The minimum atomic E-state index is 0.676. The fraction of sp³-hybridized carbons (Fsp3) is 0.600. The maximum Gasteiger partial charge on any atom is 0.0342 e. The molecule has 0 bridgehead atoms. The van der Waals surface area contributed by atoms with Crippen LogP contribution >= 0.6 is 11.8 Å². The molecule has 0 aliphatic carbocycles. The van der Waals surface area contributed by atoms with Crippen LogP contribution in [-0.2, 0) is 0 Å². The predicted molar refractivity (Wildman–Crippen MR) is 79.1 cm³/mol. The molecule has 0 aromatic heterocycles. The van der Waals surface area contributed by atoms with Crippen molar-refractivity contribution in [3.63, 3.8) is 0 Å². The first-order valence-corrected chi connectivity index (χ1v) is 7.89. The quantitative estimate of drug-likeness (QED) is 0.842. The molecule has 1 aromatic carbocycles. The van der Waals surface area contributed by atoms with Gasteiger partial charge in [0, 0.05) is 11.7 Å². The lowest BCUT2D eigenvalue weighted by atomic mass is 9.98. The van der Waals surface area contributed by atoms with Crippen molar-refractivity contribution in [1.82, 2.24) is 0 Å². The third kappa shape index (κ3) is 3.67. The molecule has 1 fully saturated rings. The van der Waals surface area contributed by atoms with Gasteiger partial charge < -0.3 is 5.32 Å². The number of hydrogen-bond acceptors (Lipinski definition) is 2. The Morgan fingerprint density at radius 1 is 1.24 bits per heavy atom. The summed E-state index contributed by atoms with van der Waals surface area (Å²) >= 11 is 2.08. The molecule has 1 nitrogen and oxygen atoms in total. The highest BCUT2D eigenvalue weighted by atomic mass is 32.2. The summed E-state index contributed by atoms with van der Waals surface area (Å²) in [4.78, 5) is 0. The summed E-state index contributed by atoms with van der Waals surface area (Å²) in [7, 11) is 0. The molecule has 1 aliphatic rings. The van der Waals surface area contributed by atoms with Crippen LogP contribution in [0.25, 0.3) is 0 Å². The highest BCUT2D eigenvalue weighted by molar-refractivity contribution is 7.99. The van der Waals surface area contributed by atoms with Gasteiger partial charge in [-0.15, -0.1) is 0 Å². The van der Waals surface area contributed by atoms with Crippen molar-refractivity contribution in [2.24, 2.45) is 0 Å². The summed E-state index contributed by atoms with van der Waals surface area (Å²) in [6.07, 6.45) is 3.82. The molecule has 17 heavy (non-hydrogen) atoms. The molecule has 0 saturated carbocycles. The van der Waals surface area contributed by atoms with Crippen molar-refractivity contribution in [3.05, 3.63) is 29.8 Å². The van der Waals surface area contributed by atoms with E-state index in [4.69, 9.17) is 0 Å². The first-order valence-electron chi connectivity index (χ1n) is 6.74. The van der Waals surface area contributed by atoms with E-state index < -0.39 is 0 Å². The minimum absolute atomic E-state index is 0.676. The number of anilines is 1. The average molecular weight is 249 g/mol. The Morgan fingerprint density at radius 3 is 2.47 bits per heavy atom. The Hall–Kier alpha value is -0.630. The van der Waals surface area contributed by atoms with Gasteiger partial charge in [-0.25, -0.2) is 0 Å². The summed E-state index contributed by atoms with van der Waals surface area (Å²) in [5, 5.41) is 3.65. The molecular formula is C15H23NS. The van der Waals surface area contributed by atoms with Crippen LogP contribution in [0.4, 0.5) is 5.69 Å². The molecule has 1 heterocycles. The maximum atomic E-state index is 3.65. The zero-order valence-electron chi connectivity index (χ0n) is 10.9. The zero-order valence-corrected chi connectivity index (χ0v) is 11.7. The van der Waals surface area contributed by atoms with Gasteiger partial charge in [0.1, 0.15) is 0 Å². The SMILES string of the molecule is CCC(C)c1ccc(NC2CCSCC2)cc1. The summed E-state index contributed by atoms with van der Waals surface area (Å²) < 4.78 is 0. The highest BCUT2D eigenvalue weighted by Gasteiger charge is 2.13. The first-order chi connectivity index (χ1) is 8.29. The van der Waals surface area contributed by atoms with Gasteiger partial charge in [0.25, 0.3) is 0 Å². The number of benzene rings is 1. The molecule has 0 spiro atoms. The Kier molecular flexibility index (Phi) is 4.78. The lowest BCUT2D eigenvalue weighted by Gasteiger charge is -2.23. The second kappa shape index (κ2) is 6.34. The third-order valence-corrected chi connectivity index (χ3v) is 4.73. The van der Waals surface area contributed by atoms with Crippen LogP contribution < -0.4 is 5.32 Å². The molecule has 2 heteroatoms. The number of nitrogens with one attached hydrogen (secondary N) is 1. The third-order valence-electron chi connectivity index (χ3n) is 3.68. The van der Waals surface area contributed by atoms with Crippen molar-refractivity contribution in [3.8, 4) is 0 Å². The molecular weight excluding hydrogens is 226 g/mol. The number of hydrogen-bond donors (Lipinski definition) is 1. The van der Waals surface area contributed by atoms with Gasteiger partial charge in [-0.05, 0) is 54.4 Å². The standard InChI is InChI=1S/C15H23NS/c1-3-12(2)13-4-6-14(7-5-13)16-15-8-10-17-11-9-15/h4-7,12,15-16H,3,8-11H2,1-2H3. The fourth-order valence-electron chi connectivity index (χ4n) is 2.22. The van der Waals surface area contributed by atoms with Crippen LogP contribution in [0.3, 0.4) is 0 Å². The molecule has 1 unspecified atom stereocenters. The predicted octanol–water partition coefficient (Wildman–Crippen LogP) is 4.51. The molecule has 1 saturated heterocycles. The second-order valence-electron chi connectivity index (χ2n) is 4.96. The summed E-state index contributed by atoms with van der Waals surface area (Å²) in [6, 6.07) is 9.71. The van der Waals surface area contributed by atoms with E-state index in [2.05, 4.69) is 55.2 Å². The van der Waals surface area contributed by atoms with Crippen LogP contribution in [0.5, 0.6) is 0 Å². The fourth-order valence-corrected chi connectivity index (χ4v) is 3.33. The van der Waals surface area contributed by atoms with Gasteiger partial charge in [-0.2, -0.15) is 11.8 Å². The van der Waals surface area contributed by atoms with Crippen molar-refractivity contribution >= 4 is 17.4 Å². The average Bonchev–Trinajstić information content (AvgIpc) is 2.40. The van der Waals surface area contributed by atoms with Gasteiger partial charge in [-0.3, -0.25) is 0 Å². The van der Waals surface area contributed by atoms with Crippen LogP contribution in [0.15, 0.2) is 24.3 Å². The van der Waals surface area contributed by atoms with E-state index >= 15 is 0 Å². The molecule has 1 aliphatic heterocycles. The van der Waals surface area contributed by atoms with Gasteiger partial charge in [-0.1, -0.05) is 26.0 Å². The van der Waals surface area contributed by atoms with Crippen LogP contribution in [-0.4, -0.2) is 17.5 Å². The molecule has 94 valence electrons. The Labute approximate surface area is 109 Å². The second-order valence-corrected chi connectivity index (χ2v) is 6.19. The summed E-state index contributed by atoms with van der Waals surface area (Å²) in [6.45, 7) is 4.54. The molecule has 1 atom stereocenters. The van der Waals surface area contributed by atoms with Crippen LogP contribution in [0.1, 0.15) is 44.6 Å². The molecule has 1 N–H and O–H groups in total. The van der Waals surface area contributed by atoms with Crippen molar-refractivity contribution < 1.29 is 0 Å². The largest absolute Gasteiger partial charge is 0.382 e. The van der Waals surface area contributed by atoms with Gasteiger partial charge in [0.05, 0.1) is 0 Å². The van der Waals surface area contributed by atoms with Crippen LogP contribution in [0, 0.1) is 0 Å². The zero-order chi connectivity index (χ0) is 12.1. The van der Waals surface area contributed by atoms with Gasteiger partial charge in [0.2, 0.25) is 0 Å². The smallest absolute Gasteiger partial charge is 0.0342 e. The van der Waals surface area contributed by atoms with E-state index in [1.807, 2.05) is 0 Å². The Bertz CT molecular complexity index is 327. The van der Waals surface area contributed by atoms with Crippen molar-refractivity contribution in [1.29, 1.82) is 0 Å². The minimum Gasteiger partial charge on any atom is -0.382 e. The Morgan fingerprint density at radius 2 is 1.88 bits per heavy atom. The topological polar surface area (TPSA) is 12.0 Å². The molecule has 1 aromatic rings. The van der Waals surface area contributed by atoms with Crippen molar-refractivity contribution in [2.45, 2.75) is 45.1 Å². The lowest BCUT2D eigenvalue weighted by Crippen LogP contribution is -2.24. The van der Waals surface area contributed by atoms with E-state index in [-0.39, 0.29) is 0 Å². The molecule has 2 rings (SSSR count). The van der Waals surface area contributed by atoms with E-state index in [1.165, 1.54) is 42.0 Å². The normalized spacial score (nSPS) is 18.9. The number of rotatable bonds is 4. The van der Waals surface area contributed by atoms with Crippen LogP contribution in [0.2, 0.25) is 0 Å². The summed E-state index contributed by atoms with van der Waals surface area (Å²) in [5.74, 6) is 3.29. The molecule has 0 amide bonds. The molecule has 0 radical (unpaired) electrons. The van der Waals surface area contributed by atoms with E-state index in [0.717, 1.165) is 0 Å². The van der Waals surface area contributed by atoms with Gasteiger partial charge in [0.15, 0.2) is 0 Å². The maximum absolute atomic E-state index is 3.65. The first kappa shape index (κ1) is 12.8. The van der Waals surface area contributed by atoms with Gasteiger partial charge >= 0.3 is 0 Å². The van der Waals surface area contributed by atoms with E-state index in [0.29, 0.717) is 12.0 Å². The highest BCUT2D eigenvalue weighted by Crippen LogP contribution is 2.23.